The molecule has 26 heavy (non-hydrogen) atoms. The Labute approximate surface area is 157 Å². The van der Waals surface area contributed by atoms with Gasteiger partial charge in [0, 0.05) is 30.3 Å². The Morgan fingerprint density at radius 3 is 2.50 bits per heavy atom. The zero-order chi connectivity index (χ0) is 17.9. The summed E-state index contributed by atoms with van der Waals surface area (Å²) >= 11 is 0. The number of rotatable bonds is 6. The number of fused-ring (bicyclic) bond motifs is 2. The molecule has 3 aliphatic carbocycles. The van der Waals surface area contributed by atoms with E-state index in [1.165, 1.54) is 38.5 Å². The third kappa shape index (κ3) is 3.54. The van der Waals surface area contributed by atoms with Gasteiger partial charge >= 0.3 is 0 Å². The minimum Gasteiger partial charge on any atom is -0.396 e. The molecular weight excluding hydrogens is 324 g/mol. The Morgan fingerprint density at radius 2 is 1.77 bits per heavy atom. The number of benzene rings is 1. The molecule has 3 saturated carbocycles. The monoisotopic (exact) mass is 356 g/mol. The van der Waals surface area contributed by atoms with Crippen LogP contribution in [0.5, 0.6) is 0 Å². The number of aliphatic hydroxyl groups is 1. The van der Waals surface area contributed by atoms with Gasteiger partial charge in [0.05, 0.1) is 6.54 Å². The smallest absolute Gasteiger partial charge is 0.241 e. The summed E-state index contributed by atoms with van der Waals surface area (Å²) in [6.07, 6.45) is 9.65. The standard InChI is InChI=1S/C22H32N2O2/c25-15-20-16-11-12-17(13-16)22(20)23-14-21(26)24(18-7-3-1-4-8-18)19-9-5-2-6-10-19/h1,3-4,7-8,16-17,19-20,22-23,25H,2,5-6,9-15H2. The number of anilines is 1. The van der Waals surface area contributed by atoms with Gasteiger partial charge in [0.1, 0.15) is 0 Å². The number of nitrogens with zero attached hydrogens (tertiary/aromatic N) is 1. The largest absolute Gasteiger partial charge is 0.396 e. The van der Waals surface area contributed by atoms with Crippen molar-refractivity contribution in [2.24, 2.45) is 17.8 Å². The van der Waals surface area contributed by atoms with Gasteiger partial charge in [-0.3, -0.25) is 4.79 Å². The molecule has 3 fully saturated rings. The van der Waals surface area contributed by atoms with Crippen molar-refractivity contribution >= 4 is 11.6 Å². The van der Waals surface area contributed by atoms with Crippen molar-refractivity contribution in [1.82, 2.24) is 5.32 Å². The summed E-state index contributed by atoms with van der Waals surface area (Å²) in [7, 11) is 0. The van der Waals surface area contributed by atoms with E-state index in [2.05, 4.69) is 17.4 Å². The maximum absolute atomic E-state index is 13.2. The SMILES string of the molecule is O=C(CNC1C2CCC(C2)C1CO)N(c1ccccc1)C1CCCCC1. The Hall–Kier alpha value is -1.39. The minimum absolute atomic E-state index is 0.183. The number of para-hydroxylation sites is 1. The third-order valence-electron chi connectivity index (χ3n) is 7.03. The van der Waals surface area contributed by atoms with E-state index in [1.807, 2.05) is 23.1 Å². The van der Waals surface area contributed by atoms with Gasteiger partial charge in [-0.2, -0.15) is 0 Å². The van der Waals surface area contributed by atoms with Crippen LogP contribution in [0.1, 0.15) is 51.4 Å². The molecule has 0 spiro atoms. The molecule has 4 unspecified atom stereocenters. The maximum Gasteiger partial charge on any atom is 0.241 e. The molecule has 1 amide bonds. The van der Waals surface area contributed by atoms with E-state index in [-0.39, 0.29) is 12.5 Å². The van der Waals surface area contributed by atoms with Crippen LogP contribution in [-0.2, 0) is 4.79 Å². The zero-order valence-corrected chi connectivity index (χ0v) is 15.6. The predicted molar refractivity (Wildman–Crippen MR) is 104 cm³/mol. The van der Waals surface area contributed by atoms with Crippen molar-refractivity contribution in [3.63, 3.8) is 0 Å². The van der Waals surface area contributed by atoms with E-state index in [1.54, 1.807) is 0 Å². The van der Waals surface area contributed by atoms with E-state index in [9.17, 15) is 9.90 Å². The predicted octanol–water partition coefficient (Wildman–Crippen LogP) is 3.35. The maximum atomic E-state index is 13.2. The van der Waals surface area contributed by atoms with Crippen LogP contribution in [0, 0.1) is 17.8 Å². The van der Waals surface area contributed by atoms with E-state index in [0.29, 0.717) is 36.4 Å². The first-order valence-electron chi connectivity index (χ1n) is 10.5. The zero-order valence-electron chi connectivity index (χ0n) is 15.6. The summed E-state index contributed by atoms with van der Waals surface area (Å²) < 4.78 is 0. The van der Waals surface area contributed by atoms with Gasteiger partial charge in [-0.25, -0.2) is 0 Å². The van der Waals surface area contributed by atoms with Crippen molar-refractivity contribution in [2.45, 2.75) is 63.5 Å². The second kappa shape index (κ2) is 8.10. The summed E-state index contributed by atoms with van der Waals surface area (Å²) in [6, 6.07) is 10.8. The lowest BCUT2D eigenvalue weighted by Gasteiger charge is -2.36. The number of hydrogen-bond donors (Lipinski definition) is 2. The lowest BCUT2D eigenvalue weighted by atomic mass is 9.85. The van der Waals surface area contributed by atoms with Gasteiger partial charge in [-0.05, 0) is 56.1 Å². The summed E-state index contributed by atoms with van der Waals surface area (Å²) in [5, 5.41) is 13.3. The topological polar surface area (TPSA) is 52.6 Å². The van der Waals surface area contributed by atoms with Gasteiger partial charge in [-0.15, -0.1) is 0 Å². The van der Waals surface area contributed by atoms with Crippen LogP contribution in [0.2, 0.25) is 0 Å². The molecule has 3 aliphatic rings. The molecule has 1 aromatic carbocycles. The summed E-state index contributed by atoms with van der Waals surface area (Å²) in [6.45, 7) is 0.633. The highest BCUT2D eigenvalue weighted by Gasteiger charge is 2.47. The second-order valence-corrected chi connectivity index (χ2v) is 8.48. The highest BCUT2D eigenvalue weighted by atomic mass is 16.3. The molecule has 4 rings (SSSR count). The molecule has 2 N–H and O–H groups in total. The van der Waals surface area contributed by atoms with Crippen LogP contribution in [-0.4, -0.2) is 36.2 Å². The first-order valence-corrected chi connectivity index (χ1v) is 10.5. The van der Waals surface area contributed by atoms with E-state index >= 15 is 0 Å². The van der Waals surface area contributed by atoms with Gasteiger partial charge in [0.2, 0.25) is 5.91 Å². The first-order chi connectivity index (χ1) is 12.8. The van der Waals surface area contributed by atoms with Crippen molar-refractivity contribution in [3.05, 3.63) is 30.3 Å². The molecule has 0 heterocycles. The van der Waals surface area contributed by atoms with E-state index < -0.39 is 0 Å². The molecule has 4 atom stereocenters. The molecule has 0 aromatic heterocycles. The van der Waals surface area contributed by atoms with Crippen molar-refractivity contribution in [1.29, 1.82) is 0 Å². The van der Waals surface area contributed by atoms with Gasteiger partial charge in [0.25, 0.3) is 0 Å². The number of nitrogens with one attached hydrogen (secondary N) is 1. The summed E-state index contributed by atoms with van der Waals surface area (Å²) in [5.41, 5.74) is 1.03. The Balaban J connectivity index is 1.44. The Kier molecular flexibility index (Phi) is 5.60. The van der Waals surface area contributed by atoms with Crippen LogP contribution in [0.25, 0.3) is 0 Å². The molecule has 0 saturated heterocycles. The Bertz CT molecular complexity index is 599. The highest BCUT2D eigenvalue weighted by molar-refractivity contribution is 5.95. The first kappa shape index (κ1) is 18.0. The summed E-state index contributed by atoms with van der Waals surface area (Å²) in [4.78, 5) is 15.3. The number of carbonyl (C=O) groups is 1. The number of hydrogen-bond acceptors (Lipinski definition) is 3. The summed E-state index contributed by atoms with van der Waals surface area (Å²) in [5.74, 6) is 1.81. The molecule has 4 nitrogen and oxygen atoms in total. The lowest BCUT2D eigenvalue weighted by Crippen LogP contribution is -2.50. The van der Waals surface area contributed by atoms with Gasteiger partial charge < -0.3 is 15.3 Å². The fourth-order valence-corrected chi connectivity index (χ4v) is 5.77. The fourth-order valence-electron chi connectivity index (χ4n) is 5.77. The van der Waals surface area contributed by atoms with Gasteiger partial charge in [-0.1, -0.05) is 37.5 Å². The van der Waals surface area contributed by atoms with Crippen LogP contribution in [0.3, 0.4) is 0 Å². The van der Waals surface area contributed by atoms with E-state index in [4.69, 9.17) is 0 Å². The van der Waals surface area contributed by atoms with E-state index in [0.717, 1.165) is 18.5 Å². The molecule has 142 valence electrons. The number of aliphatic hydroxyl groups excluding tert-OH is 1. The third-order valence-corrected chi connectivity index (χ3v) is 7.03. The highest BCUT2D eigenvalue weighted by Crippen LogP contribution is 2.48. The number of amides is 1. The quantitative estimate of drug-likeness (QED) is 0.822. The molecular formula is C22H32N2O2. The lowest BCUT2D eigenvalue weighted by molar-refractivity contribution is -0.118. The number of carbonyl (C=O) groups excluding carboxylic acids is 1. The van der Waals surface area contributed by atoms with Gasteiger partial charge in [0.15, 0.2) is 0 Å². The van der Waals surface area contributed by atoms with Crippen molar-refractivity contribution < 1.29 is 9.90 Å². The molecule has 4 heteroatoms. The normalized spacial score (nSPS) is 31.3. The molecule has 0 radical (unpaired) electrons. The molecule has 2 bridgehead atoms. The van der Waals surface area contributed by atoms with Crippen molar-refractivity contribution in [3.8, 4) is 0 Å². The second-order valence-electron chi connectivity index (χ2n) is 8.48. The van der Waals surface area contributed by atoms with Crippen LogP contribution in [0.15, 0.2) is 30.3 Å². The van der Waals surface area contributed by atoms with Crippen LogP contribution >= 0.6 is 0 Å². The van der Waals surface area contributed by atoms with Crippen LogP contribution in [0.4, 0.5) is 5.69 Å². The average Bonchev–Trinajstić information content (AvgIpc) is 3.29. The Morgan fingerprint density at radius 1 is 1.04 bits per heavy atom. The van der Waals surface area contributed by atoms with Crippen molar-refractivity contribution in [2.75, 3.05) is 18.1 Å². The fraction of sp³-hybridized carbons (Fsp3) is 0.682. The minimum atomic E-state index is 0.183. The van der Waals surface area contributed by atoms with Crippen LogP contribution < -0.4 is 10.2 Å². The average molecular weight is 357 g/mol. The molecule has 1 aromatic rings. The molecule has 0 aliphatic heterocycles.